The Morgan fingerprint density at radius 1 is 1.17 bits per heavy atom. The molecule has 2 saturated carbocycles. The van der Waals surface area contributed by atoms with Crippen LogP contribution in [-0.2, 0) is 19.0 Å². The number of epoxide rings is 1. The average Bonchev–Trinajstić information content (AvgIpc) is 3.57. The van der Waals surface area contributed by atoms with Gasteiger partial charge in [-0.2, -0.15) is 0 Å². The van der Waals surface area contributed by atoms with Gasteiger partial charge in [0.05, 0.1) is 24.9 Å². The van der Waals surface area contributed by atoms with Crippen LogP contribution in [0.25, 0.3) is 0 Å². The number of rotatable bonds is 10. The number of thiol groups is 1. The summed E-state index contributed by atoms with van der Waals surface area (Å²) in [5.41, 5.74) is 0.894. The van der Waals surface area contributed by atoms with E-state index >= 15 is 0 Å². The van der Waals surface area contributed by atoms with Crippen LogP contribution in [-0.4, -0.2) is 73.4 Å². The molecule has 0 aromatic rings. The minimum absolute atomic E-state index is 0.0139. The van der Waals surface area contributed by atoms with E-state index in [0.717, 1.165) is 38.5 Å². The fourth-order valence-corrected chi connectivity index (χ4v) is 5.97. The Bertz CT molecular complexity index is 747. The fraction of sp³-hybridized carbons (Fsp3) is 0.840. The van der Waals surface area contributed by atoms with Gasteiger partial charge < -0.3 is 30.0 Å². The van der Waals surface area contributed by atoms with Crippen LogP contribution < -0.4 is 15.4 Å². The average molecular weight is 514 g/mol. The molecule has 10 heteroatoms. The van der Waals surface area contributed by atoms with Crippen molar-refractivity contribution in [3.05, 3.63) is 11.6 Å². The van der Waals surface area contributed by atoms with Crippen molar-refractivity contribution < 1.29 is 28.9 Å². The molecule has 0 bridgehead atoms. The van der Waals surface area contributed by atoms with Crippen LogP contribution in [0.2, 0.25) is 0 Å². The smallest absolute Gasteiger partial charge is 0.407 e. The predicted octanol–water partition coefficient (Wildman–Crippen LogP) is 2.49. The molecule has 5 unspecified atom stereocenters. The van der Waals surface area contributed by atoms with Gasteiger partial charge in [0, 0.05) is 25.1 Å². The molecule has 3 rings (SSSR count). The molecule has 0 aromatic heterocycles. The summed E-state index contributed by atoms with van der Waals surface area (Å²) in [5.74, 6) is -0.207. The largest absolute Gasteiger partial charge is 0.443 e. The Morgan fingerprint density at radius 3 is 2.31 bits per heavy atom. The highest BCUT2D eigenvalue weighted by Crippen LogP contribution is 2.52. The number of aliphatic hydroxyl groups excluding tert-OH is 1. The number of alkyl carbamates (subject to hydrolysis) is 1. The molecular weight excluding hydrogens is 470 g/mol. The van der Waals surface area contributed by atoms with E-state index in [1.165, 1.54) is 5.57 Å². The zero-order valence-corrected chi connectivity index (χ0v) is 22.3. The first-order chi connectivity index (χ1) is 16.7. The van der Waals surface area contributed by atoms with Crippen molar-refractivity contribution in [2.24, 2.45) is 11.8 Å². The molecule has 1 spiro atoms. The van der Waals surface area contributed by atoms with Crippen LogP contribution in [0.15, 0.2) is 11.6 Å². The van der Waals surface area contributed by atoms with Gasteiger partial charge in [0.25, 0.3) is 0 Å². The summed E-state index contributed by atoms with van der Waals surface area (Å²) in [6.45, 7) is 6.74. The third-order valence-electron chi connectivity index (χ3n) is 7.76. The second-order valence-electron chi connectivity index (χ2n) is 10.6. The van der Waals surface area contributed by atoms with Gasteiger partial charge in [-0.25, -0.2) is 4.79 Å². The van der Waals surface area contributed by atoms with Gasteiger partial charge in [0.15, 0.2) is 0 Å². The van der Waals surface area contributed by atoms with E-state index in [4.69, 9.17) is 14.2 Å². The lowest BCUT2D eigenvalue weighted by molar-refractivity contribution is -0.128. The van der Waals surface area contributed by atoms with Crippen molar-refractivity contribution in [3.8, 4) is 0 Å². The molecule has 6 atom stereocenters. The Morgan fingerprint density at radius 2 is 1.80 bits per heavy atom. The molecule has 1 heterocycles. The van der Waals surface area contributed by atoms with E-state index in [1.54, 1.807) is 7.11 Å². The number of aliphatic hydroxyl groups is 1. The van der Waals surface area contributed by atoms with E-state index in [0.29, 0.717) is 13.0 Å². The molecular formula is C25H43N3O6S. The molecule has 3 aliphatic rings. The third-order valence-corrected chi connectivity index (χ3v) is 7.92. The second-order valence-corrected chi connectivity index (χ2v) is 10.9. The number of methoxy groups -OCH3 is 1. The maximum absolute atomic E-state index is 12.8. The first-order valence-corrected chi connectivity index (χ1v) is 13.3. The highest BCUT2D eigenvalue weighted by Gasteiger charge is 2.62. The van der Waals surface area contributed by atoms with Crippen molar-refractivity contribution >= 4 is 24.8 Å². The van der Waals surface area contributed by atoms with Crippen LogP contribution in [0.1, 0.15) is 65.7 Å². The number of amides is 2. The van der Waals surface area contributed by atoms with Crippen molar-refractivity contribution in [2.45, 2.75) is 102 Å². The molecule has 4 N–H and O–H groups in total. The van der Waals surface area contributed by atoms with E-state index in [9.17, 15) is 14.7 Å². The van der Waals surface area contributed by atoms with E-state index in [1.807, 2.05) is 20.8 Å². The lowest BCUT2D eigenvalue weighted by atomic mass is 9.67. The molecule has 1 aliphatic heterocycles. The first-order valence-electron chi connectivity index (χ1n) is 12.8. The van der Waals surface area contributed by atoms with E-state index in [2.05, 4.69) is 34.2 Å². The molecule has 9 nitrogen and oxygen atoms in total. The highest BCUT2D eigenvalue weighted by atomic mass is 32.1. The van der Waals surface area contributed by atoms with Crippen LogP contribution in [0, 0.1) is 11.8 Å². The number of nitrogens with one attached hydrogen (secondary N) is 3. The van der Waals surface area contributed by atoms with Gasteiger partial charge in [0.2, 0.25) is 5.91 Å². The number of ether oxygens (including phenoxy) is 3. The minimum atomic E-state index is -0.541. The Balaban J connectivity index is 1.57. The summed E-state index contributed by atoms with van der Waals surface area (Å²) < 4.78 is 20.3. The normalized spacial score (nSPS) is 33.9. The van der Waals surface area contributed by atoms with Gasteiger partial charge in [0.1, 0.15) is 12.2 Å². The number of carbonyl (C=O) groups excluding carboxylic acids is 2. The summed E-state index contributed by atoms with van der Waals surface area (Å²) in [6, 6.07) is 0.128. The number of hydrogen-bond acceptors (Lipinski definition) is 8. The van der Waals surface area contributed by atoms with Crippen LogP contribution >= 0.6 is 12.8 Å². The molecule has 35 heavy (non-hydrogen) atoms. The SMILES string of the molecule is COC1C(OC(=O)NC2CCC(NC(=O)CNS)CC2)CCC2(CO2)C1C(CC=C(C)C)[C@@H](C)O. The van der Waals surface area contributed by atoms with Crippen LogP contribution in [0.3, 0.4) is 0 Å². The maximum atomic E-state index is 12.8. The standard InChI is InChI=1S/C25H43N3O6S/c1-15(2)5-10-19(16(3)29)22-23(32-4)20(11-12-25(22)14-33-25)34-24(31)28-18-8-6-17(7-9-18)27-21(30)13-26-35/h5,16-20,22-23,26,29,35H,6-14H2,1-4H3,(H,27,30)(H,28,31)/t16-,17?,18?,19?,20?,22?,23?,25?/m1/s1. The molecule has 2 amide bonds. The lowest BCUT2D eigenvalue weighted by Crippen LogP contribution is -2.55. The van der Waals surface area contributed by atoms with E-state index in [-0.39, 0.29) is 48.1 Å². The summed E-state index contributed by atoms with van der Waals surface area (Å²) in [4.78, 5) is 24.6. The summed E-state index contributed by atoms with van der Waals surface area (Å²) >= 11 is 3.85. The van der Waals surface area contributed by atoms with Gasteiger partial charge >= 0.3 is 6.09 Å². The molecule has 0 radical (unpaired) electrons. The molecule has 0 aromatic carbocycles. The maximum Gasteiger partial charge on any atom is 0.407 e. The Labute approximate surface area is 214 Å². The van der Waals surface area contributed by atoms with Gasteiger partial charge in [-0.15, -0.1) is 0 Å². The number of allylic oxidation sites excluding steroid dienone is 2. The summed E-state index contributed by atoms with van der Waals surface area (Å²) in [7, 11) is 1.64. The van der Waals surface area contributed by atoms with Crippen molar-refractivity contribution in [1.82, 2.24) is 15.4 Å². The number of carbonyl (C=O) groups is 2. The topological polar surface area (TPSA) is 121 Å². The Kier molecular flexibility index (Phi) is 10.3. The Hall–Kier alpha value is -1.33. The monoisotopic (exact) mass is 513 g/mol. The van der Waals surface area contributed by atoms with Gasteiger partial charge in [-0.3, -0.25) is 9.52 Å². The van der Waals surface area contributed by atoms with Crippen molar-refractivity contribution in [1.29, 1.82) is 0 Å². The molecule has 1 saturated heterocycles. The van der Waals surface area contributed by atoms with E-state index < -0.39 is 18.3 Å². The summed E-state index contributed by atoms with van der Waals surface area (Å²) in [5, 5.41) is 16.6. The first kappa shape index (κ1) is 28.2. The molecule has 3 fully saturated rings. The lowest BCUT2D eigenvalue weighted by Gasteiger charge is -2.45. The molecule has 200 valence electrons. The second kappa shape index (κ2) is 12.8. The minimum Gasteiger partial charge on any atom is -0.443 e. The third kappa shape index (κ3) is 7.58. The highest BCUT2D eigenvalue weighted by molar-refractivity contribution is 7.78. The van der Waals surface area contributed by atoms with Gasteiger partial charge in [-0.1, -0.05) is 24.5 Å². The summed E-state index contributed by atoms with van der Waals surface area (Å²) in [6.07, 6.45) is 5.72. The van der Waals surface area contributed by atoms with Crippen molar-refractivity contribution in [2.75, 3.05) is 20.3 Å². The number of hydrogen-bond donors (Lipinski definition) is 5. The fourth-order valence-electron chi connectivity index (χ4n) is 5.82. The van der Waals surface area contributed by atoms with Gasteiger partial charge in [-0.05, 0) is 71.6 Å². The van der Waals surface area contributed by atoms with Crippen LogP contribution in [0.4, 0.5) is 4.79 Å². The predicted molar refractivity (Wildman–Crippen MR) is 136 cm³/mol. The van der Waals surface area contributed by atoms with Crippen LogP contribution in [0.5, 0.6) is 0 Å². The zero-order valence-electron chi connectivity index (χ0n) is 21.4. The quantitative estimate of drug-likeness (QED) is 0.173. The zero-order chi connectivity index (χ0) is 25.6. The van der Waals surface area contributed by atoms with Crippen molar-refractivity contribution in [3.63, 3.8) is 0 Å². The molecule has 2 aliphatic carbocycles.